The first-order valence-corrected chi connectivity index (χ1v) is 10.3. The van der Waals surface area contributed by atoms with E-state index in [1.807, 2.05) is 53.1 Å². The quantitative estimate of drug-likeness (QED) is 0.193. The van der Waals surface area contributed by atoms with Crippen molar-refractivity contribution in [1.29, 1.82) is 0 Å². The third-order valence-corrected chi connectivity index (χ3v) is 5.28. The van der Waals surface area contributed by atoms with Crippen molar-refractivity contribution >= 4 is 39.2 Å². The minimum atomic E-state index is -1.07. The van der Waals surface area contributed by atoms with Gasteiger partial charge < -0.3 is 9.30 Å². The van der Waals surface area contributed by atoms with Crippen molar-refractivity contribution in [2.24, 2.45) is 0 Å². The Kier molecular flexibility index (Phi) is 5.94. The standard InChI is InChI=1S/C26H21NO5/c1-2-32-26(31)24(29)14-23(28)21-16-27(22-10-6-5-9-20(22)25(21)30)15-17-11-12-18-7-3-4-8-19(18)13-17/h3-13,16H,2,14-15H2,1H3. The van der Waals surface area contributed by atoms with E-state index in [4.69, 9.17) is 0 Å². The minimum Gasteiger partial charge on any atom is -0.460 e. The first-order valence-electron chi connectivity index (χ1n) is 10.3. The van der Waals surface area contributed by atoms with E-state index in [0.29, 0.717) is 17.4 Å². The minimum absolute atomic E-state index is 0.0350. The van der Waals surface area contributed by atoms with Crippen LogP contribution in [0.3, 0.4) is 0 Å². The maximum Gasteiger partial charge on any atom is 0.375 e. The Bertz CT molecular complexity index is 1420. The lowest BCUT2D eigenvalue weighted by Crippen LogP contribution is -2.25. The molecule has 0 saturated carbocycles. The van der Waals surface area contributed by atoms with Crippen LogP contribution in [0, 0.1) is 0 Å². The lowest BCUT2D eigenvalue weighted by molar-refractivity contribution is -0.153. The highest BCUT2D eigenvalue weighted by atomic mass is 16.5. The second kappa shape index (κ2) is 8.98. The van der Waals surface area contributed by atoms with Crippen LogP contribution in [-0.2, 0) is 20.9 Å². The fourth-order valence-electron chi connectivity index (χ4n) is 3.73. The third kappa shape index (κ3) is 4.21. The number of esters is 1. The summed E-state index contributed by atoms with van der Waals surface area (Å²) >= 11 is 0. The smallest absolute Gasteiger partial charge is 0.375 e. The van der Waals surface area contributed by atoms with Crippen LogP contribution >= 0.6 is 0 Å². The molecule has 160 valence electrons. The number of hydrogen-bond donors (Lipinski definition) is 0. The zero-order valence-electron chi connectivity index (χ0n) is 17.5. The van der Waals surface area contributed by atoms with E-state index >= 15 is 0 Å². The highest BCUT2D eigenvalue weighted by Gasteiger charge is 2.23. The molecule has 1 aromatic heterocycles. The van der Waals surface area contributed by atoms with Crippen molar-refractivity contribution in [1.82, 2.24) is 4.57 Å². The van der Waals surface area contributed by atoms with Gasteiger partial charge in [0, 0.05) is 18.1 Å². The summed E-state index contributed by atoms with van der Waals surface area (Å²) in [6.45, 7) is 2.03. The number of ketones is 2. The zero-order chi connectivity index (χ0) is 22.7. The van der Waals surface area contributed by atoms with E-state index in [2.05, 4.69) is 10.8 Å². The number of Topliss-reactive ketones (excluding diaryl/α,β-unsaturated/α-hetero) is 2. The number of para-hydroxylation sites is 1. The molecule has 0 fully saturated rings. The van der Waals surface area contributed by atoms with E-state index in [1.54, 1.807) is 19.1 Å². The normalized spacial score (nSPS) is 10.9. The second-order valence-corrected chi connectivity index (χ2v) is 7.44. The number of pyridine rings is 1. The number of carbonyl (C=O) groups excluding carboxylic acids is 3. The molecule has 0 N–H and O–H groups in total. The highest BCUT2D eigenvalue weighted by molar-refractivity contribution is 6.38. The van der Waals surface area contributed by atoms with Crippen LogP contribution in [0.4, 0.5) is 0 Å². The van der Waals surface area contributed by atoms with E-state index in [-0.39, 0.29) is 12.2 Å². The molecule has 3 aromatic carbocycles. The van der Waals surface area contributed by atoms with Gasteiger partial charge in [-0.1, -0.05) is 48.5 Å². The summed E-state index contributed by atoms with van der Waals surface area (Å²) in [4.78, 5) is 49.3. The Morgan fingerprint density at radius 1 is 0.906 bits per heavy atom. The number of rotatable bonds is 7. The summed E-state index contributed by atoms with van der Waals surface area (Å²) < 4.78 is 6.48. The van der Waals surface area contributed by atoms with E-state index in [1.165, 1.54) is 6.20 Å². The van der Waals surface area contributed by atoms with Crippen LogP contribution in [0.1, 0.15) is 29.3 Å². The Morgan fingerprint density at radius 3 is 2.41 bits per heavy atom. The molecule has 0 atom stereocenters. The Balaban J connectivity index is 1.74. The van der Waals surface area contributed by atoms with Gasteiger partial charge in [-0.05, 0) is 41.5 Å². The number of benzene rings is 3. The average Bonchev–Trinajstić information content (AvgIpc) is 2.81. The Hall–Kier alpha value is -4.06. The van der Waals surface area contributed by atoms with Crippen LogP contribution in [0.25, 0.3) is 21.7 Å². The van der Waals surface area contributed by atoms with Crippen molar-refractivity contribution in [3.63, 3.8) is 0 Å². The molecule has 4 aromatic rings. The molecule has 6 nitrogen and oxygen atoms in total. The maximum absolute atomic E-state index is 13.0. The highest BCUT2D eigenvalue weighted by Crippen LogP contribution is 2.19. The van der Waals surface area contributed by atoms with Crippen molar-refractivity contribution in [3.05, 3.63) is 94.3 Å². The van der Waals surface area contributed by atoms with Gasteiger partial charge in [0.25, 0.3) is 0 Å². The predicted molar refractivity (Wildman–Crippen MR) is 122 cm³/mol. The first kappa shape index (κ1) is 21.2. The molecule has 0 spiro atoms. The Morgan fingerprint density at radius 2 is 1.62 bits per heavy atom. The van der Waals surface area contributed by atoms with Gasteiger partial charge >= 0.3 is 5.97 Å². The summed E-state index contributed by atoms with van der Waals surface area (Å²) in [6, 6.07) is 21.1. The van der Waals surface area contributed by atoms with E-state index < -0.39 is 29.4 Å². The molecule has 1 heterocycles. The van der Waals surface area contributed by atoms with Gasteiger partial charge in [-0.25, -0.2) is 4.79 Å². The summed E-state index contributed by atoms with van der Waals surface area (Å²) in [7, 11) is 0. The van der Waals surface area contributed by atoms with Crippen molar-refractivity contribution in [2.75, 3.05) is 6.61 Å². The fourth-order valence-corrected chi connectivity index (χ4v) is 3.73. The molecule has 32 heavy (non-hydrogen) atoms. The number of aromatic nitrogens is 1. The van der Waals surface area contributed by atoms with Crippen LogP contribution in [0.15, 0.2) is 77.7 Å². The van der Waals surface area contributed by atoms with Crippen molar-refractivity contribution in [3.8, 4) is 0 Å². The topological polar surface area (TPSA) is 82.4 Å². The largest absolute Gasteiger partial charge is 0.460 e. The van der Waals surface area contributed by atoms with Gasteiger partial charge in [0.15, 0.2) is 11.2 Å². The molecule has 0 saturated heterocycles. The number of ether oxygens (including phenoxy) is 1. The van der Waals surface area contributed by atoms with Crippen molar-refractivity contribution in [2.45, 2.75) is 19.9 Å². The molecule has 0 aliphatic carbocycles. The lowest BCUT2D eigenvalue weighted by Gasteiger charge is -2.14. The molecular formula is C26H21NO5. The third-order valence-electron chi connectivity index (χ3n) is 5.28. The number of carbonyl (C=O) groups is 3. The molecule has 0 aliphatic rings. The zero-order valence-corrected chi connectivity index (χ0v) is 17.5. The molecule has 0 bridgehead atoms. The summed E-state index contributed by atoms with van der Waals surface area (Å²) in [5.41, 5.74) is 1.09. The monoisotopic (exact) mass is 427 g/mol. The molecule has 4 rings (SSSR count). The van der Waals surface area contributed by atoms with Gasteiger partial charge in [0.2, 0.25) is 5.78 Å². The number of fused-ring (bicyclic) bond motifs is 2. The molecule has 0 amide bonds. The molecule has 0 radical (unpaired) electrons. The van der Waals surface area contributed by atoms with Crippen LogP contribution in [-0.4, -0.2) is 28.7 Å². The lowest BCUT2D eigenvalue weighted by atomic mass is 10.0. The van der Waals surface area contributed by atoms with Crippen LogP contribution < -0.4 is 5.43 Å². The first-order chi connectivity index (χ1) is 15.5. The van der Waals surface area contributed by atoms with E-state index in [9.17, 15) is 19.2 Å². The number of nitrogens with zero attached hydrogens (tertiary/aromatic N) is 1. The van der Waals surface area contributed by atoms with Gasteiger partial charge in [-0.3, -0.25) is 14.4 Å². The van der Waals surface area contributed by atoms with Crippen LogP contribution in [0.2, 0.25) is 0 Å². The predicted octanol–water partition coefficient (Wildman–Crippen LogP) is 3.91. The second-order valence-electron chi connectivity index (χ2n) is 7.44. The molecule has 0 aliphatic heterocycles. The SMILES string of the molecule is CCOC(=O)C(=O)CC(=O)c1cn(Cc2ccc3ccccc3c2)c2ccccc2c1=O. The number of hydrogen-bond acceptors (Lipinski definition) is 5. The summed E-state index contributed by atoms with van der Waals surface area (Å²) in [5.74, 6) is -2.74. The molecule has 6 heteroatoms. The Labute approximate surface area is 184 Å². The van der Waals surface area contributed by atoms with Gasteiger partial charge in [0.1, 0.15) is 0 Å². The molecule has 0 unspecified atom stereocenters. The van der Waals surface area contributed by atoms with Crippen LogP contribution in [0.5, 0.6) is 0 Å². The molecular weight excluding hydrogens is 406 g/mol. The average molecular weight is 427 g/mol. The fraction of sp³-hybridized carbons (Fsp3) is 0.154. The maximum atomic E-state index is 13.0. The van der Waals surface area contributed by atoms with Gasteiger partial charge in [0.05, 0.1) is 24.1 Å². The van der Waals surface area contributed by atoms with Gasteiger partial charge in [-0.2, -0.15) is 0 Å². The summed E-state index contributed by atoms with van der Waals surface area (Å²) in [6.07, 6.45) is 0.767. The summed E-state index contributed by atoms with van der Waals surface area (Å²) in [5, 5.41) is 2.59. The van der Waals surface area contributed by atoms with Gasteiger partial charge in [-0.15, -0.1) is 0 Å². The van der Waals surface area contributed by atoms with E-state index in [0.717, 1.165) is 16.3 Å². The van der Waals surface area contributed by atoms with Crippen molar-refractivity contribution < 1.29 is 19.1 Å².